The Morgan fingerprint density at radius 2 is 1.73 bits per heavy atom. The minimum atomic E-state index is -0.518. The molecule has 41 heavy (non-hydrogen) atoms. The second-order valence-corrected chi connectivity index (χ2v) is 12.4. The van der Waals surface area contributed by atoms with E-state index in [-0.39, 0.29) is 17.4 Å². The molecule has 222 valence electrons. The summed E-state index contributed by atoms with van der Waals surface area (Å²) in [6.07, 6.45) is 3.52. The molecule has 2 aromatic carbocycles. The number of fused-ring (bicyclic) bond motifs is 1. The molecular weight excluding hydrogens is 522 g/mol. The summed E-state index contributed by atoms with van der Waals surface area (Å²) in [5.41, 5.74) is 4.36. The lowest BCUT2D eigenvalue weighted by Crippen LogP contribution is -2.58. The van der Waals surface area contributed by atoms with Crippen LogP contribution >= 0.6 is 0 Å². The van der Waals surface area contributed by atoms with Gasteiger partial charge >= 0.3 is 6.09 Å². The molecule has 9 nitrogen and oxygen atoms in total. The number of methoxy groups -OCH3 is 2. The molecule has 3 aliphatic heterocycles. The van der Waals surface area contributed by atoms with Gasteiger partial charge < -0.3 is 33.9 Å². The summed E-state index contributed by atoms with van der Waals surface area (Å²) in [6.45, 7) is 10.4. The largest absolute Gasteiger partial charge is 0.508 e. The Kier molecular flexibility index (Phi) is 8.12. The summed E-state index contributed by atoms with van der Waals surface area (Å²) in [4.78, 5) is 19.0. The molecule has 2 aromatic rings. The van der Waals surface area contributed by atoms with Gasteiger partial charge in [0.1, 0.15) is 22.8 Å². The van der Waals surface area contributed by atoms with Crippen molar-refractivity contribution in [2.45, 2.75) is 57.9 Å². The summed E-state index contributed by atoms with van der Waals surface area (Å²) in [5, 5.41) is 10.0. The van der Waals surface area contributed by atoms with Gasteiger partial charge in [-0.15, -0.1) is 0 Å². The number of rotatable bonds is 5. The monoisotopic (exact) mass is 565 g/mol. The molecular formula is C32H43N3O6. The number of piperidine rings is 1. The Bertz CT molecular complexity index is 1280. The van der Waals surface area contributed by atoms with Gasteiger partial charge in [0.25, 0.3) is 0 Å². The third-order valence-electron chi connectivity index (χ3n) is 8.12. The van der Waals surface area contributed by atoms with Gasteiger partial charge in [-0.1, -0.05) is 6.07 Å². The molecule has 0 bridgehead atoms. The normalized spacial score (nSPS) is 19.0. The van der Waals surface area contributed by atoms with Gasteiger partial charge in [0.2, 0.25) is 0 Å². The van der Waals surface area contributed by atoms with Crippen LogP contribution in [0.2, 0.25) is 0 Å². The first-order valence-electron chi connectivity index (χ1n) is 14.3. The number of carbonyl (C=O) groups is 1. The van der Waals surface area contributed by atoms with E-state index in [9.17, 15) is 9.90 Å². The molecule has 0 atom stereocenters. The Hall–Kier alpha value is -3.43. The fraction of sp³-hybridized carbons (Fsp3) is 0.531. The van der Waals surface area contributed by atoms with Crippen LogP contribution in [0, 0.1) is 0 Å². The number of benzene rings is 2. The van der Waals surface area contributed by atoms with Crippen molar-refractivity contribution in [2.24, 2.45) is 0 Å². The van der Waals surface area contributed by atoms with Crippen LogP contribution in [0.3, 0.4) is 0 Å². The number of hydrogen-bond acceptors (Lipinski definition) is 8. The van der Waals surface area contributed by atoms with Crippen molar-refractivity contribution < 1.29 is 28.8 Å². The highest BCUT2D eigenvalue weighted by Crippen LogP contribution is 2.40. The summed E-state index contributed by atoms with van der Waals surface area (Å²) < 4.78 is 23.7. The van der Waals surface area contributed by atoms with Gasteiger partial charge in [0.05, 0.1) is 38.5 Å². The Labute approximate surface area is 243 Å². The highest BCUT2D eigenvalue weighted by atomic mass is 16.6. The number of amides is 1. The first kappa shape index (κ1) is 29.1. The van der Waals surface area contributed by atoms with Crippen molar-refractivity contribution in [3.63, 3.8) is 0 Å². The van der Waals surface area contributed by atoms with E-state index in [2.05, 4.69) is 28.1 Å². The molecule has 2 fully saturated rings. The molecule has 0 radical (unpaired) electrons. The lowest BCUT2D eigenvalue weighted by molar-refractivity contribution is -0.134. The lowest BCUT2D eigenvalue weighted by Gasteiger charge is -2.47. The zero-order valence-corrected chi connectivity index (χ0v) is 25.2. The molecule has 3 aliphatic rings. The molecule has 5 rings (SSSR count). The number of nitrogens with zero attached hydrogens (tertiary/aromatic N) is 3. The number of carbonyl (C=O) groups excluding carboxylic acids is 1. The third kappa shape index (κ3) is 6.41. The zero-order valence-electron chi connectivity index (χ0n) is 25.2. The molecule has 0 saturated carbocycles. The summed E-state index contributed by atoms with van der Waals surface area (Å²) in [5.74, 6) is 1.82. The average molecular weight is 566 g/mol. The van der Waals surface area contributed by atoms with Crippen LogP contribution < -0.4 is 9.47 Å². The van der Waals surface area contributed by atoms with Crippen LogP contribution in [0.4, 0.5) is 4.79 Å². The second kappa shape index (κ2) is 11.4. The average Bonchev–Trinajstić information content (AvgIpc) is 2.93. The Morgan fingerprint density at radius 3 is 2.37 bits per heavy atom. The van der Waals surface area contributed by atoms with Gasteiger partial charge in [-0.25, -0.2) is 4.79 Å². The number of phenols is 1. The predicted molar refractivity (Wildman–Crippen MR) is 157 cm³/mol. The first-order chi connectivity index (χ1) is 19.5. The van der Waals surface area contributed by atoms with Gasteiger partial charge in [0, 0.05) is 51.5 Å². The zero-order chi connectivity index (χ0) is 29.4. The number of ether oxygens (including phenoxy) is 4. The Morgan fingerprint density at radius 1 is 1.05 bits per heavy atom. The molecule has 0 aromatic heterocycles. The van der Waals surface area contributed by atoms with E-state index >= 15 is 0 Å². The Balaban J connectivity index is 1.32. The standard InChI is InChI=1S/C32H43N3O6/c1-31(2,3)41-30(37)35-13-14-40-32(21-35)9-11-34(12-10-32)20-27-28(38-5)16-22(17-29(27)39-6)26-19-33(4)18-23-15-24(36)7-8-25(23)26/h7-8,15-17,19,36H,9-14,18,20-21H2,1-6H3. The molecule has 0 aliphatic carbocycles. The highest BCUT2D eigenvalue weighted by Gasteiger charge is 2.42. The topological polar surface area (TPSA) is 83.9 Å². The van der Waals surface area contributed by atoms with E-state index in [1.165, 1.54) is 0 Å². The second-order valence-electron chi connectivity index (χ2n) is 12.4. The fourth-order valence-corrected chi connectivity index (χ4v) is 6.08. The SMILES string of the molecule is COc1cc(C2=CN(C)Cc3cc(O)ccc32)cc(OC)c1CN1CCC2(CC1)CN(C(=O)OC(C)(C)C)CCO2. The van der Waals surface area contributed by atoms with E-state index in [1.54, 1.807) is 25.2 Å². The van der Waals surface area contributed by atoms with Crippen LogP contribution in [0.1, 0.15) is 55.9 Å². The van der Waals surface area contributed by atoms with Crippen molar-refractivity contribution >= 4 is 11.7 Å². The fourth-order valence-electron chi connectivity index (χ4n) is 6.08. The first-order valence-corrected chi connectivity index (χ1v) is 14.3. The molecule has 1 spiro atoms. The summed E-state index contributed by atoms with van der Waals surface area (Å²) in [6, 6.07) is 9.68. The van der Waals surface area contributed by atoms with Crippen LogP contribution in [-0.4, -0.2) is 91.2 Å². The van der Waals surface area contributed by atoms with Gasteiger partial charge in [-0.2, -0.15) is 0 Å². The van der Waals surface area contributed by atoms with Gasteiger partial charge in [-0.3, -0.25) is 4.90 Å². The quantitative estimate of drug-likeness (QED) is 0.551. The smallest absolute Gasteiger partial charge is 0.410 e. The maximum atomic E-state index is 12.7. The van der Waals surface area contributed by atoms with Crippen LogP contribution in [0.25, 0.3) is 5.57 Å². The molecule has 2 saturated heterocycles. The minimum absolute atomic E-state index is 0.267. The molecule has 9 heteroatoms. The lowest BCUT2D eigenvalue weighted by atomic mass is 9.88. The maximum absolute atomic E-state index is 12.7. The van der Waals surface area contributed by atoms with E-state index in [1.807, 2.05) is 40.0 Å². The molecule has 1 amide bonds. The number of morpholine rings is 1. The van der Waals surface area contributed by atoms with Gasteiger partial charge in [-0.05, 0) is 74.6 Å². The minimum Gasteiger partial charge on any atom is -0.508 e. The number of likely N-dealkylation sites (tertiary alicyclic amines) is 1. The molecule has 3 heterocycles. The van der Waals surface area contributed by atoms with Gasteiger partial charge in [0.15, 0.2) is 0 Å². The number of phenolic OH excluding ortho intramolecular Hbond substituents is 1. The van der Waals surface area contributed by atoms with Crippen LogP contribution in [0.15, 0.2) is 36.5 Å². The van der Waals surface area contributed by atoms with E-state index in [0.717, 1.165) is 71.8 Å². The highest BCUT2D eigenvalue weighted by molar-refractivity contribution is 5.84. The van der Waals surface area contributed by atoms with E-state index in [0.29, 0.717) is 26.2 Å². The van der Waals surface area contributed by atoms with Crippen LogP contribution in [0.5, 0.6) is 17.2 Å². The third-order valence-corrected chi connectivity index (χ3v) is 8.12. The summed E-state index contributed by atoms with van der Waals surface area (Å²) >= 11 is 0. The van der Waals surface area contributed by atoms with Crippen molar-refractivity contribution in [3.8, 4) is 17.2 Å². The van der Waals surface area contributed by atoms with E-state index < -0.39 is 5.60 Å². The maximum Gasteiger partial charge on any atom is 0.410 e. The van der Waals surface area contributed by atoms with Crippen molar-refractivity contribution in [3.05, 3.63) is 58.8 Å². The predicted octanol–water partition coefficient (Wildman–Crippen LogP) is 4.85. The number of aromatic hydroxyl groups is 1. The van der Waals surface area contributed by atoms with Crippen LogP contribution in [-0.2, 0) is 22.6 Å². The number of hydrogen-bond donors (Lipinski definition) is 1. The van der Waals surface area contributed by atoms with Crippen molar-refractivity contribution in [1.82, 2.24) is 14.7 Å². The molecule has 0 unspecified atom stereocenters. The van der Waals surface area contributed by atoms with Crippen molar-refractivity contribution in [1.29, 1.82) is 0 Å². The van der Waals surface area contributed by atoms with E-state index in [4.69, 9.17) is 18.9 Å². The molecule has 1 N–H and O–H groups in total. The van der Waals surface area contributed by atoms with Crippen molar-refractivity contribution in [2.75, 3.05) is 54.1 Å². The summed E-state index contributed by atoms with van der Waals surface area (Å²) in [7, 11) is 5.42.